The van der Waals surface area contributed by atoms with E-state index < -0.39 is 5.97 Å². The molecule has 0 bridgehead atoms. The van der Waals surface area contributed by atoms with Crippen molar-refractivity contribution >= 4 is 5.97 Å². The Morgan fingerprint density at radius 3 is 2.64 bits per heavy atom. The van der Waals surface area contributed by atoms with Crippen LogP contribution in [0.1, 0.15) is 35.5 Å². The van der Waals surface area contributed by atoms with E-state index in [1.807, 2.05) is 50.4 Å². The lowest BCUT2D eigenvalue weighted by atomic mass is 9.87. The molecule has 2 aromatic rings. The van der Waals surface area contributed by atoms with Gasteiger partial charge in [-0.2, -0.15) is 0 Å². The fourth-order valence-electron chi connectivity index (χ4n) is 3.35. The van der Waals surface area contributed by atoms with E-state index in [-0.39, 0.29) is 11.3 Å². The maximum Gasteiger partial charge on any atom is 0.307 e. The molecule has 0 unspecified atom stereocenters. The van der Waals surface area contributed by atoms with Crippen LogP contribution in [0.3, 0.4) is 0 Å². The van der Waals surface area contributed by atoms with Gasteiger partial charge in [0.1, 0.15) is 5.82 Å². The van der Waals surface area contributed by atoms with Crippen molar-refractivity contribution in [1.82, 2.24) is 9.97 Å². The van der Waals surface area contributed by atoms with Crippen LogP contribution in [0.2, 0.25) is 0 Å². The van der Waals surface area contributed by atoms with Gasteiger partial charge in [0.15, 0.2) is 0 Å². The van der Waals surface area contributed by atoms with Gasteiger partial charge < -0.3 is 5.11 Å². The van der Waals surface area contributed by atoms with Crippen LogP contribution in [0.25, 0.3) is 0 Å². The number of rotatable bonds is 5. The van der Waals surface area contributed by atoms with E-state index in [0.717, 1.165) is 41.9 Å². The lowest BCUT2D eigenvalue weighted by Gasteiger charge is -2.17. The normalized spacial score (nSPS) is 23.3. The van der Waals surface area contributed by atoms with E-state index in [0.29, 0.717) is 0 Å². The maximum atomic E-state index is 11.4. The van der Waals surface area contributed by atoms with Crippen LogP contribution in [0.5, 0.6) is 0 Å². The molecule has 0 radical (unpaired) electrons. The standard InChI is InChI=1S/C18H20N2O2/c1-12-14(11-19-13(2)20-12)8-9-18(10-16(18)17(21)22)15-6-4-3-5-7-15/h3-7,11,16H,8-10H2,1-2H3,(H,21,22)/t16-,18-/m0/s1. The van der Waals surface area contributed by atoms with Crippen molar-refractivity contribution in [3.63, 3.8) is 0 Å². The summed E-state index contributed by atoms with van der Waals surface area (Å²) in [6.45, 7) is 3.87. The molecule has 1 heterocycles. The van der Waals surface area contributed by atoms with Crippen LogP contribution in [-0.2, 0) is 16.6 Å². The molecule has 1 aliphatic carbocycles. The molecule has 114 valence electrons. The van der Waals surface area contributed by atoms with Gasteiger partial charge in [-0.15, -0.1) is 0 Å². The minimum atomic E-state index is -0.694. The number of carboxylic acid groups (broad SMARTS) is 1. The minimum absolute atomic E-state index is 0.232. The van der Waals surface area contributed by atoms with Crippen molar-refractivity contribution in [2.24, 2.45) is 5.92 Å². The van der Waals surface area contributed by atoms with Crippen molar-refractivity contribution in [3.8, 4) is 0 Å². The molecule has 1 saturated carbocycles. The molecule has 0 spiro atoms. The first-order valence-electron chi connectivity index (χ1n) is 7.60. The summed E-state index contributed by atoms with van der Waals surface area (Å²) in [5, 5.41) is 9.41. The number of nitrogens with zero attached hydrogens (tertiary/aromatic N) is 2. The average Bonchev–Trinajstić information content (AvgIpc) is 3.24. The van der Waals surface area contributed by atoms with E-state index in [9.17, 15) is 9.90 Å². The molecule has 2 atom stereocenters. The SMILES string of the molecule is Cc1ncc(CC[C@@]2(c3ccccc3)C[C@H]2C(=O)O)c(C)n1. The van der Waals surface area contributed by atoms with E-state index in [1.165, 1.54) is 0 Å². The zero-order valence-electron chi connectivity index (χ0n) is 12.9. The minimum Gasteiger partial charge on any atom is -0.481 e. The molecule has 22 heavy (non-hydrogen) atoms. The van der Waals surface area contributed by atoms with Crippen LogP contribution in [0.4, 0.5) is 0 Å². The largest absolute Gasteiger partial charge is 0.481 e. The molecule has 1 aromatic heterocycles. The second kappa shape index (κ2) is 5.52. The fraction of sp³-hybridized carbons (Fsp3) is 0.389. The molecule has 1 fully saturated rings. The molecular formula is C18H20N2O2. The third-order valence-electron chi connectivity index (χ3n) is 4.76. The highest BCUT2D eigenvalue weighted by atomic mass is 16.4. The zero-order chi connectivity index (χ0) is 15.7. The van der Waals surface area contributed by atoms with Gasteiger partial charge in [-0.25, -0.2) is 9.97 Å². The quantitative estimate of drug-likeness (QED) is 0.921. The summed E-state index contributed by atoms with van der Waals surface area (Å²) >= 11 is 0. The van der Waals surface area contributed by atoms with Gasteiger partial charge in [0.2, 0.25) is 0 Å². The summed E-state index contributed by atoms with van der Waals surface area (Å²) in [5.74, 6) is -0.198. The predicted octanol–water partition coefficient (Wildman–Crippen LogP) is 3.07. The Balaban J connectivity index is 1.82. The second-order valence-electron chi connectivity index (χ2n) is 6.14. The summed E-state index contributed by atoms with van der Waals surface area (Å²) < 4.78 is 0. The highest BCUT2D eigenvalue weighted by Gasteiger charge is 2.58. The number of aryl methyl sites for hydroxylation is 3. The first kappa shape index (κ1) is 14.7. The van der Waals surface area contributed by atoms with Gasteiger partial charge >= 0.3 is 5.97 Å². The van der Waals surface area contributed by atoms with Gasteiger partial charge in [0.05, 0.1) is 5.92 Å². The van der Waals surface area contributed by atoms with Gasteiger partial charge in [0, 0.05) is 17.3 Å². The van der Waals surface area contributed by atoms with Crippen molar-refractivity contribution in [2.75, 3.05) is 0 Å². The Bertz CT molecular complexity index is 699. The number of hydrogen-bond donors (Lipinski definition) is 1. The van der Waals surface area contributed by atoms with E-state index in [1.54, 1.807) is 0 Å². The highest BCUT2D eigenvalue weighted by Crippen LogP contribution is 2.57. The molecule has 1 aromatic carbocycles. The number of carboxylic acids is 1. The smallest absolute Gasteiger partial charge is 0.307 e. The van der Waals surface area contributed by atoms with Gasteiger partial charge in [0.25, 0.3) is 0 Å². The molecule has 0 amide bonds. The van der Waals surface area contributed by atoms with Crippen molar-refractivity contribution in [2.45, 2.75) is 38.5 Å². The Morgan fingerprint density at radius 1 is 1.32 bits per heavy atom. The van der Waals surface area contributed by atoms with Crippen LogP contribution >= 0.6 is 0 Å². The molecule has 1 N–H and O–H groups in total. The molecule has 4 heteroatoms. The molecule has 3 rings (SSSR count). The van der Waals surface area contributed by atoms with Gasteiger partial charge in [-0.1, -0.05) is 30.3 Å². The lowest BCUT2D eigenvalue weighted by molar-refractivity contribution is -0.139. The highest BCUT2D eigenvalue weighted by molar-refractivity contribution is 5.77. The number of aromatic nitrogens is 2. The van der Waals surface area contributed by atoms with Crippen LogP contribution in [0, 0.1) is 19.8 Å². The molecule has 4 nitrogen and oxygen atoms in total. The number of carbonyl (C=O) groups is 1. The van der Waals surface area contributed by atoms with E-state index >= 15 is 0 Å². The summed E-state index contributed by atoms with van der Waals surface area (Å²) in [5.41, 5.74) is 3.00. The lowest BCUT2D eigenvalue weighted by Crippen LogP contribution is -2.16. The first-order chi connectivity index (χ1) is 10.5. The summed E-state index contributed by atoms with van der Waals surface area (Å²) in [4.78, 5) is 20.1. The van der Waals surface area contributed by atoms with Crippen molar-refractivity contribution < 1.29 is 9.90 Å². The maximum absolute atomic E-state index is 11.4. The summed E-state index contributed by atoms with van der Waals surface area (Å²) in [6, 6.07) is 10.0. The van der Waals surface area contributed by atoms with Crippen LogP contribution in [-0.4, -0.2) is 21.0 Å². The van der Waals surface area contributed by atoms with E-state index in [2.05, 4.69) is 9.97 Å². The molecule has 0 saturated heterocycles. The number of aliphatic carboxylic acids is 1. The van der Waals surface area contributed by atoms with Crippen molar-refractivity contribution in [1.29, 1.82) is 0 Å². The number of benzene rings is 1. The molecular weight excluding hydrogens is 276 g/mol. The average molecular weight is 296 g/mol. The van der Waals surface area contributed by atoms with Crippen LogP contribution < -0.4 is 0 Å². The van der Waals surface area contributed by atoms with Crippen LogP contribution in [0.15, 0.2) is 36.5 Å². The topological polar surface area (TPSA) is 63.1 Å². The third kappa shape index (κ3) is 2.61. The van der Waals surface area contributed by atoms with E-state index in [4.69, 9.17) is 0 Å². The summed E-state index contributed by atoms with van der Waals surface area (Å²) in [7, 11) is 0. The predicted molar refractivity (Wildman–Crippen MR) is 83.7 cm³/mol. The van der Waals surface area contributed by atoms with Gasteiger partial charge in [-0.05, 0) is 44.2 Å². The Kier molecular flexibility index (Phi) is 3.69. The summed E-state index contributed by atoms with van der Waals surface area (Å²) in [6.07, 6.45) is 4.22. The molecule has 0 aliphatic heterocycles. The van der Waals surface area contributed by atoms with Gasteiger partial charge in [-0.3, -0.25) is 4.79 Å². The number of hydrogen-bond acceptors (Lipinski definition) is 3. The zero-order valence-corrected chi connectivity index (χ0v) is 12.9. The monoisotopic (exact) mass is 296 g/mol. The Labute approximate surface area is 130 Å². The third-order valence-corrected chi connectivity index (χ3v) is 4.76. The second-order valence-corrected chi connectivity index (χ2v) is 6.14. The Hall–Kier alpha value is -2.23. The van der Waals surface area contributed by atoms with Crippen molar-refractivity contribution in [3.05, 3.63) is 59.2 Å². The first-order valence-corrected chi connectivity index (χ1v) is 7.60. The Morgan fingerprint density at radius 2 is 2.05 bits per heavy atom. The fourth-order valence-corrected chi connectivity index (χ4v) is 3.35. The molecule has 1 aliphatic rings.